The van der Waals surface area contributed by atoms with Crippen LogP contribution in [0.4, 0.5) is 0 Å². The summed E-state index contributed by atoms with van der Waals surface area (Å²) in [7, 11) is 0. The average molecular weight is 154 g/mol. The van der Waals surface area contributed by atoms with Gasteiger partial charge in [-0.1, -0.05) is 0 Å². The molecule has 0 aliphatic carbocycles. The molecule has 0 aliphatic heterocycles. The minimum atomic E-state index is 0.160. The lowest BCUT2D eigenvalue weighted by atomic mass is 10.1. The number of nitrogens with one attached hydrogen (secondary N) is 1. The van der Waals surface area contributed by atoms with Crippen LogP contribution in [0.15, 0.2) is 10.5 Å². The predicted molar refractivity (Wildman–Crippen MR) is 43.9 cm³/mol. The Balaban J connectivity index is 2.93. The molecule has 0 aliphatic rings. The van der Waals surface area contributed by atoms with Gasteiger partial charge in [0.15, 0.2) is 0 Å². The van der Waals surface area contributed by atoms with E-state index in [9.17, 15) is 0 Å². The fourth-order valence-electron chi connectivity index (χ4n) is 1.17. The van der Waals surface area contributed by atoms with Crippen molar-refractivity contribution in [1.82, 2.24) is 5.43 Å². The first kappa shape index (κ1) is 8.30. The number of rotatable bonds is 2. The summed E-state index contributed by atoms with van der Waals surface area (Å²) in [5, 5.41) is 0. The Morgan fingerprint density at radius 1 is 1.55 bits per heavy atom. The summed E-state index contributed by atoms with van der Waals surface area (Å²) in [5.41, 5.74) is 3.80. The largest absolute Gasteiger partial charge is 0.466 e. The van der Waals surface area contributed by atoms with Gasteiger partial charge in [-0.05, 0) is 26.8 Å². The third-order valence-electron chi connectivity index (χ3n) is 1.80. The molecule has 3 N–H and O–H groups in total. The Morgan fingerprint density at radius 3 is 2.55 bits per heavy atom. The molecule has 0 aromatic carbocycles. The molecule has 11 heavy (non-hydrogen) atoms. The van der Waals surface area contributed by atoms with Crippen LogP contribution in [-0.2, 0) is 0 Å². The number of hydrogen-bond acceptors (Lipinski definition) is 3. The minimum Gasteiger partial charge on any atom is -0.466 e. The summed E-state index contributed by atoms with van der Waals surface area (Å²) in [6.07, 6.45) is 0. The van der Waals surface area contributed by atoms with Crippen molar-refractivity contribution >= 4 is 0 Å². The standard InChI is InChI=1S/C8H14N2O/c1-5-4-8(6(2)10-9)7(3)11-5/h4,6,10H,9H2,1-3H3/t6-/m1/s1. The number of hydrogen-bond donors (Lipinski definition) is 2. The van der Waals surface area contributed by atoms with Gasteiger partial charge in [0.1, 0.15) is 11.5 Å². The number of hydrazine groups is 1. The third-order valence-corrected chi connectivity index (χ3v) is 1.80. The second kappa shape index (κ2) is 3.07. The SMILES string of the molecule is Cc1cc([C@@H](C)NN)c(C)o1. The second-order valence-electron chi connectivity index (χ2n) is 2.76. The van der Waals surface area contributed by atoms with Crippen LogP contribution in [0.25, 0.3) is 0 Å². The lowest BCUT2D eigenvalue weighted by Gasteiger charge is -2.06. The van der Waals surface area contributed by atoms with Gasteiger partial charge in [-0.15, -0.1) is 0 Å². The Morgan fingerprint density at radius 2 is 2.18 bits per heavy atom. The van der Waals surface area contributed by atoms with Gasteiger partial charge in [-0.3, -0.25) is 11.3 Å². The fourth-order valence-corrected chi connectivity index (χ4v) is 1.17. The predicted octanol–water partition coefficient (Wildman–Crippen LogP) is 1.42. The molecule has 0 amide bonds. The van der Waals surface area contributed by atoms with E-state index in [0.29, 0.717) is 0 Å². The van der Waals surface area contributed by atoms with Crippen LogP contribution in [0, 0.1) is 13.8 Å². The fraction of sp³-hybridized carbons (Fsp3) is 0.500. The summed E-state index contributed by atoms with van der Waals surface area (Å²) in [6.45, 7) is 5.87. The quantitative estimate of drug-likeness (QED) is 0.500. The molecule has 0 unspecified atom stereocenters. The van der Waals surface area contributed by atoms with Gasteiger partial charge in [-0.25, -0.2) is 0 Å². The van der Waals surface area contributed by atoms with Gasteiger partial charge in [0.25, 0.3) is 0 Å². The molecule has 1 heterocycles. The second-order valence-corrected chi connectivity index (χ2v) is 2.76. The zero-order chi connectivity index (χ0) is 8.43. The van der Waals surface area contributed by atoms with E-state index in [-0.39, 0.29) is 6.04 Å². The summed E-state index contributed by atoms with van der Waals surface area (Å²) in [6, 6.07) is 2.16. The molecule has 62 valence electrons. The van der Waals surface area contributed by atoms with Crippen LogP contribution in [0.5, 0.6) is 0 Å². The first-order chi connectivity index (χ1) is 5.15. The van der Waals surface area contributed by atoms with E-state index in [1.165, 1.54) is 0 Å². The Bertz CT molecular complexity index is 242. The minimum absolute atomic E-state index is 0.160. The monoisotopic (exact) mass is 154 g/mol. The van der Waals surface area contributed by atoms with Gasteiger partial charge in [0.2, 0.25) is 0 Å². The molecule has 1 aromatic heterocycles. The molecule has 0 spiro atoms. The molecule has 0 saturated heterocycles. The number of nitrogens with two attached hydrogens (primary N) is 1. The van der Waals surface area contributed by atoms with E-state index in [1.807, 2.05) is 26.8 Å². The molecule has 0 radical (unpaired) electrons. The Hall–Kier alpha value is -0.800. The van der Waals surface area contributed by atoms with E-state index in [0.717, 1.165) is 17.1 Å². The van der Waals surface area contributed by atoms with E-state index in [4.69, 9.17) is 10.3 Å². The van der Waals surface area contributed by atoms with E-state index in [2.05, 4.69) is 5.43 Å². The zero-order valence-electron chi connectivity index (χ0n) is 7.14. The van der Waals surface area contributed by atoms with Crippen LogP contribution in [0.1, 0.15) is 30.0 Å². The zero-order valence-corrected chi connectivity index (χ0v) is 7.14. The van der Waals surface area contributed by atoms with Crippen LogP contribution in [0.3, 0.4) is 0 Å². The highest BCUT2D eigenvalue weighted by Crippen LogP contribution is 2.19. The van der Waals surface area contributed by atoms with E-state index in [1.54, 1.807) is 0 Å². The molecule has 0 saturated carbocycles. The van der Waals surface area contributed by atoms with Crippen molar-refractivity contribution in [2.24, 2.45) is 5.84 Å². The highest BCUT2D eigenvalue weighted by molar-refractivity contribution is 5.23. The molecule has 3 heteroatoms. The van der Waals surface area contributed by atoms with E-state index < -0.39 is 0 Å². The summed E-state index contributed by atoms with van der Waals surface area (Å²) in [5.74, 6) is 7.16. The van der Waals surface area contributed by atoms with Gasteiger partial charge < -0.3 is 4.42 Å². The van der Waals surface area contributed by atoms with Gasteiger partial charge in [-0.2, -0.15) is 0 Å². The maximum Gasteiger partial charge on any atom is 0.105 e. The van der Waals surface area contributed by atoms with Crippen LogP contribution >= 0.6 is 0 Å². The smallest absolute Gasteiger partial charge is 0.105 e. The van der Waals surface area contributed by atoms with Crippen molar-refractivity contribution in [2.75, 3.05) is 0 Å². The molecule has 3 nitrogen and oxygen atoms in total. The number of furan rings is 1. The van der Waals surface area contributed by atoms with Crippen molar-refractivity contribution < 1.29 is 4.42 Å². The lowest BCUT2D eigenvalue weighted by molar-refractivity contribution is 0.492. The Kier molecular flexibility index (Phi) is 2.31. The number of aryl methyl sites for hydroxylation is 2. The summed E-state index contributed by atoms with van der Waals surface area (Å²) < 4.78 is 5.34. The molecular formula is C8H14N2O. The average Bonchev–Trinajstić information content (AvgIpc) is 2.28. The third kappa shape index (κ3) is 1.61. The van der Waals surface area contributed by atoms with Crippen molar-refractivity contribution in [3.63, 3.8) is 0 Å². The van der Waals surface area contributed by atoms with Crippen molar-refractivity contribution in [3.8, 4) is 0 Å². The normalized spacial score (nSPS) is 13.5. The summed E-state index contributed by atoms with van der Waals surface area (Å²) >= 11 is 0. The first-order valence-electron chi connectivity index (χ1n) is 3.68. The maximum atomic E-state index is 5.34. The first-order valence-corrected chi connectivity index (χ1v) is 3.68. The highest BCUT2D eigenvalue weighted by atomic mass is 16.3. The molecule has 1 rings (SSSR count). The highest BCUT2D eigenvalue weighted by Gasteiger charge is 2.09. The van der Waals surface area contributed by atoms with Crippen LogP contribution in [-0.4, -0.2) is 0 Å². The van der Waals surface area contributed by atoms with Crippen molar-refractivity contribution in [3.05, 3.63) is 23.2 Å². The molecule has 1 aromatic rings. The topological polar surface area (TPSA) is 51.2 Å². The molecule has 1 atom stereocenters. The van der Waals surface area contributed by atoms with Crippen molar-refractivity contribution in [2.45, 2.75) is 26.8 Å². The summed E-state index contributed by atoms with van der Waals surface area (Å²) in [4.78, 5) is 0. The van der Waals surface area contributed by atoms with Gasteiger partial charge in [0, 0.05) is 11.6 Å². The molecule has 0 fully saturated rings. The van der Waals surface area contributed by atoms with Gasteiger partial charge >= 0.3 is 0 Å². The Labute approximate surface area is 66.5 Å². The molecular weight excluding hydrogens is 140 g/mol. The molecule has 0 bridgehead atoms. The van der Waals surface area contributed by atoms with Crippen LogP contribution in [0.2, 0.25) is 0 Å². The van der Waals surface area contributed by atoms with Crippen molar-refractivity contribution in [1.29, 1.82) is 0 Å². The van der Waals surface area contributed by atoms with Gasteiger partial charge in [0.05, 0.1) is 0 Å². The van der Waals surface area contributed by atoms with E-state index >= 15 is 0 Å². The lowest BCUT2D eigenvalue weighted by Crippen LogP contribution is -2.25. The van der Waals surface area contributed by atoms with Crippen LogP contribution < -0.4 is 11.3 Å². The maximum absolute atomic E-state index is 5.34.